The molecule has 4 atom stereocenters. The first-order valence-corrected chi connectivity index (χ1v) is 10.4. The van der Waals surface area contributed by atoms with E-state index in [0.717, 1.165) is 55.7 Å². The lowest BCUT2D eigenvalue weighted by atomic mass is 9.52. The molecule has 1 saturated heterocycles. The zero-order valence-electron chi connectivity index (χ0n) is 17.0. The number of hydrogen-bond acceptors (Lipinski definition) is 4. The van der Waals surface area contributed by atoms with Crippen LogP contribution in [0, 0.1) is 5.92 Å². The number of ether oxygens (including phenoxy) is 2. The van der Waals surface area contributed by atoms with Crippen LogP contribution in [0.25, 0.3) is 0 Å². The smallest absolute Gasteiger partial charge is 0.166 e. The largest absolute Gasteiger partial charge is 0.493 e. The Bertz CT molecular complexity index is 835. The Balaban J connectivity index is 0.00000192. The standard InChI is InChI=1S/C23H29NO3.ClH/c1-4-5-6-18(25)15-11-16-17-12-14-7-8-19(26-3)22-21(14)23(16,9-10-24(17)2)20(13-15)27-22;/h7-8,13,16-17,20H,4-6,9-12H2,1-3H3;1H. The molecule has 0 N–H and O–H groups in total. The summed E-state index contributed by atoms with van der Waals surface area (Å²) >= 11 is 0. The van der Waals surface area contributed by atoms with Crippen LogP contribution in [-0.4, -0.2) is 43.5 Å². The molecule has 1 fully saturated rings. The number of halogens is 1. The van der Waals surface area contributed by atoms with Crippen molar-refractivity contribution >= 4 is 18.2 Å². The van der Waals surface area contributed by atoms with Gasteiger partial charge in [0.05, 0.1) is 7.11 Å². The van der Waals surface area contributed by atoms with E-state index in [2.05, 4.69) is 37.1 Å². The summed E-state index contributed by atoms with van der Waals surface area (Å²) in [6.45, 7) is 3.23. The number of methoxy groups -OCH3 is 1. The zero-order valence-corrected chi connectivity index (χ0v) is 17.8. The number of ketones is 1. The van der Waals surface area contributed by atoms with E-state index in [1.807, 2.05) is 0 Å². The second-order valence-corrected chi connectivity index (χ2v) is 8.74. The van der Waals surface area contributed by atoms with E-state index < -0.39 is 0 Å². The van der Waals surface area contributed by atoms with Gasteiger partial charge in [0, 0.05) is 23.4 Å². The summed E-state index contributed by atoms with van der Waals surface area (Å²) in [6.07, 6.45) is 7.87. The molecule has 2 aliphatic heterocycles. The van der Waals surface area contributed by atoms with E-state index in [0.29, 0.717) is 24.2 Å². The molecule has 0 amide bonds. The summed E-state index contributed by atoms with van der Waals surface area (Å²) in [5.41, 5.74) is 3.82. The molecule has 1 aromatic carbocycles. The number of benzene rings is 1. The van der Waals surface area contributed by atoms with Crippen molar-refractivity contribution in [2.45, 2.75) is 63.0 Å². The van der Waals surface area contributed by atoms with Gasteiger partial charge in [-0.2, -0.15) is 0 Å². The van der Waals surface area contributed by atoms with Gasteiger partial charge < -0.3 is 14.4 Å². The number of nitrogens with zero attached hydrogens (tertiary/aromatic N) is 1. The fourth-order valence-corrected chi connectivity index (χ4v) is 6.18. The Morgan fingerprint density at radius 1 is 1.36 bits per heavy atom. The van der Waals surface area contributed by atoms with Gasteiger partial charge in [-0.05, 0) is 68.5 Å². The molecule has 5 heteroatoms. The van der Waals surface area contributed by atoms with Crippen molar-refractivity contribution in [1.82, 2.24) is 4.90 Å². The number of likely N-dealkylation sites (N-methyl/N-ethyl adjacent to an activating group) is 1. The molecule has 152 valence electrons. The predicted molar refractivity (Wildman–Crippen MR) is 112 cm³/mol. The number of unbranched alkanes of at least 4 members (excludes halogenated alkanes) is 1. The molecule has 4 nitrogen and oxygen atoms in total. The maximum Gasteiger partial charge on any atom is 0.166 e. The van der Waals surface area contributed by atoms with E-state index >= 15 is 0 Å². The van der Waals surface area contributed by atoms with Gasteiger partial charge in [-0.1, -0.05) is 19.4 Å². The Kier molecular flexibility index (Phi) is 4.99. The lowest BCUT2D eigenvalue weighted by molar-refractivity contribution is -0.116. The number of piperidine rings is 1. The Labute approximate surface area is 173 Å². The van der Waals surface area contributed by atoms with E-state index in [-0.39, 0.29) is 23.9 Å². The van der Waals surface area contributed by atoms with Crippen LogP contribution in [0.3, 0.4) is 0 Å². The molecule has 28 heavy (non-hydrogen) atoms. The number of hydrogen-bond donors (Lipinski definition) is 0. The first-order chi connectivity index (χ1) is 13.1. The van der Waals surface area contributed by atoms with E-state index in [1.165, 1.54) is 11.1 Å². The van der Waals surface area contributed by atoms with Crippen molar-refractivity contribution in [1.29, 1.82) is 0 Å². The molecule has 1 aromatic rings. The van der Waals surface area contributed by atoms with Gasteiger partial charge in [0.15, 0.2) is 17.3 Å². The van der Waals surface area contributed by atoms with Crippen LogP contribution in [0.4, 0.5) is 0 Å². The van der Waals surface area contributed by atoms with Crippen molar-refractivity contribution in [3.8, 4) is 11.5 Å². The van der Waals surface area contributed by atoms with Crippen LogP contribution in [-0.2, 0) is 16.6 Å². The van der Waals surface area contributed by atoms with Gasteiger partial charge in [0.2, 0.25) is 0 Å². The molecular formula is C23H30ClNO3. The first-order valence-electron chi connectivity index (χ1n) is 10.4. The summed E-state index contributed by atoms with van der Waals surface area (Å²) in [4.78, 5) is 15.4. The second kappa shape index (κ2) is 7.07. The summed E-state index contributed by atoms with van der Waals surface area (Å²) in [5, 5.41) is 0. The van der Waals surface area contributed by atoms with Crippen LogP contribution in [0.2, 0.25) is 0 Å². The Hall–Kier alpha value is -1.52. The zero-order chi connectivity index (χ0) is 18.8. The SMILES string of the molecule is CCCCC(=O)C1=CC2Oc3c(OC)ccc4c3C23CCN(C)C(C4)C3C1.Cl. The lowest BCUT2D eigenvalue weighted by Gasteiger charge is -2.56. The number of carbonyl (C=O) groups excluding carboxylic acids is 1. The molecule has 4 aliphatic rings. The number of Topliss-reactive ketones (excluding diaryl/α,β-unsaturated/α-hetero) is 1. The average Bonchev–Trinajstić information content (AvgIpc) is 3.02. The van der Waals surface area contributed by atoms with Crippen molar-refractivity contribution in [3.63, 3.8) is 0 Å². The van der Waals surface area contributed by atoms with E-state index in [1.54, 1.807) is 7.11 Å². The highest BCUT2D eigenvalue weighted by Gasteiger charge is 2.63. The van der Waals surface area contributed by atoms with E-state index in [9.17, 15) is 4.79 Å². The van der Waals surface area contributed by atoms with Crippen molar-refractivity contribution in [2.24, 2.45) is 5.92 Å². The molecule has 0 radical (unpaired) electrons. The third-order valence-electron chi connectivity index (χ3n) is 7.55. The van der Waals surface area contributed by atoms with Crippen LogP contribution < -0.4 is 9.47 Å². The van der Waals surface area contributed by atoms with Gasteiger partial charge in [-0.25, -0.2) is 0 Å². The number of allylic oxidation sites excluding steroid dienone is 1. The molecule has 5 rings (SSSR count). The molecule has 2 bridgehead atoms. The predicted octanol–water partition coefficient (Wildman–Crippen LogP) is 4.08. The number of likely N-dealkylation sites (tertiary alicyclic amines) is 1. The normalized spacial score (nSPS) is 32.0. The molecule has 4 unspecified atom stereocenters. The van der Waals surface area contributed by atoms with Crippen LogP contribution in [0.5, 0.6) is 11.5 Å². The fourth-order valence-electron chi connectivity index (χ4n) is 6.18. The molecule has 1 spiro atoms. The monoisotopic (exact) mass is 403 g/mol. The minimum Gasteiger partial charge on any atom is -0.493 e. The highest BCUT2D eigenvalue weighted by atomic mass is 35.5. The molecular weight excluding hydrogens is 374 g/mol. The minimum absolute atomic E-state index is 0. The van der Waals surface area contributed by atoms with Crippen molar-refractivity contribution in [3.05, 3.63) is 34.9 Å². The van der Waals surface area contributed by atoms with Crippen molar-refractivity contribution < 1.29 is 14.3 Å². The van der Waals surface area contributed by atoms with Crippen molar-refractivity contribution in [2.75, 3.05) is 20.7 Å². The topological polar surface area (TPSA) is 38.8 Å². The second-order valence-electron chi connectivity index (χ2n) is 8.74. The third-order valence-corrected chi connectivity index (χ3v) is 7.55. The Morgan fingerprint density at radius 3 is 2.93 bits per heavy atom. The van der Waals surface area contributed by atoms with Gasteiger partial charge in [0.25, 0.3) is 0 Å². The molecule has 2 heterocycles. The average molecular weight is 404 g/mol. The lowest BCUT2D eigenvalue weighted by Crippen LogP contribution is -2.63. The number of carbonyl (C=O) groups is 1. The molecule has 0 aromatic heterocycles. The highest BCUT2D eigenvalue weighted by molar-refractivity contribution is 5.96. The molecule has 0 saturated carbocycles. The highest BCUT2D eigenvalue weighted by Crippen LogP contribution is 2.63. The Morgan fingerprint density at radius 2 is 2.18 bits per heavy atom. The van der Waals surface area contributed by atoms with Gasteiger partial charge >= 0.3 is 0 Å². The summed E-state index contributed by atoms with van der Waals surface area (Å²) in [7, 11) is 3.96. The van der Waals surface area contributed by atoms with Gasteiger partial charge in [0.1, 0.15) is 6.10 Å². The van der Waals surface area contributed by atoms with E-state index in [4.69, 9.17) is 9.47 Å². The number of rotatable bonds is 5. The minimum atomic E-state index is -0.0293. The maximum atomic E-state index is 12.9. The first kappa shape index (κ1) is 19.8. The fraction of sp³-hybridized carbons (Fsp3) is 0.609. The summed E-state index contributed by atoms with van der Waals surface area (Å²) in [5.74, 6) is 2.55. The van der Waals surface area contributed by atoms with Crippen LogP contribution in [0.15, 0.2) is 23.8 Å². The quantitative estimate of drug-likeness (QED) is 0.742. The van der Waals surface area contributed by atoms with Gasteiger partial charge in [-0.15, -0.1) is 12.4 Å². The molecule has 2 aliphatic carbocycles. The van der Waals surface area contributed by atoms with Crippen LogP contribution >= 0.6 is 12.4 Å². The summed E-state index contributed by atoms with van der Waals surface area (Å²) < 4.78 is 12.2. The maximum absolute atomic E-state index is 12.9. The third kappa shape index (κ3) is 2.50. The summed E-state index contributed by atoms with van der Waals surface area (Å²) in [6, 6.07) is 4.77. The van der Waals surface area contributed by atoms with Gasteiger partial charge in [-0.3, -0.25) is 4.79 Å². The van der Waals surface area contributed by atoms with Crippen LogP contribution in [0.1, 0.15) is 50.2 Å².